The summed E-state index contributed by atoms with van der Waals surface area (Å²) in [5, 5.41) is 3.04. The van der Waals surface area contributed by atoms with Gasteiger partial charge in [-0.1, -0.05) is 0 Å². The second kappa shape index (κ2) is 5.46. The molecule has 1 aromatic carbocycles. The predicted molar refractivity (Wildman–Crippen MR) is 61.4 cm³/mol. The van der Waals surface area contributed by atoms with Crippen molar-refractivity contribution >= 4 is 28.9 Å². The molecule has 0 aliphatic rings. The van der Waals surface area contributed by atoms with Gasteiger partial charge in [0.25, 0.3) is 0 Å². The highest BCUT2D eigenvalue weighted by Crippen LogP contribution is 2.20. The molecule has 0 saturated heterocycles. The number of benzene rings is 1. The minimum atomic E-state index is -0.398. The van der Waals surface area contributed by atoms with E-state index < -0.39 is 5.97 Å². The third-order valence-corrected chi connectivity index (χ3v) is 2.07. The minimum absolute atomic E-state index is 0.398. The summed E-state index contributed by atoms with van der Waals surface area (Å²) in [5.41, 5.74) is 7.45. The van der Waals surface area contributed by atoms with Crippen molar-refractivity contribution in [1.29, 1.82) is 0 Å². The maximum absolute atomic E-state index is 11.2. The van der Waals surface area contributed by atoms with Crippen LogP contribution in [0.2, 0.25) is 0 Å². The van der Waals surface area contributed by atoms with Crippen LogP contribution in [-0.4, -0.2) is 25.5 Å². The normalized spacial score (nSPS) is 9.73. The van der Waals surface area contributed by atoms with Gasteiger partial charge in [-0.3, -0.25) is 0 Å². The van der Waals surface area contributed by atoms with Gasteiger partial charge in [0.15, 0.2) is 0 Å². The Bertz CT molecular complexity index is 355. The van der Waals surface area contributed by atoms with Crippen molar-refractivity contribution in [1.82, 2.24) is 0 Å². The van der Waals surface area contributed by atoms with Crippen LogP contribution in [0.1, 0.15) is 10.4 Å². The van der Waals surface area contributed by atoms with Crippen LogP contribution in [0.15, 0.2) is 18.2 Å². The molecule has 0 amide bonds. The Morgan fingerprint density at radius 1 is 1.60 bits per heavy atom. The Morgan fingerprint density at radius 3 is 2.87 bits per heavy atom. The lowest BCUT2D eigenvalue weighted by molar-refractivity contribution is 0.0601. The second-order valence-corrected chi connectivity index (χ2v) is 3.29. The van der Waals surface area contributed by atoms with Crippen LogP contribution in [-0.2, 0) is 4.74 Å². The molecule has 5 heteroatoms. The number of methoxy groups -OCH3 is 1. The van der Waals surface area contributed by atoms with E-state index >= 15 is 0 Å². The van der Waals surface area contributed by atoms with E-state index in [1.54, 1.807) is 18.2 Å². The Labute approximate surface area is 93.4 Å². The maximum Gasteiger partial charge on any atom is 0.337 e. The van der Waals surface area contributed by atoms with Gasteiger partial charge in [-0.05, 0) is 18.2 Å². The van der Waals surface area contributed by atoms with Gasteiger partial charge in [-0.15, -0.1) is 11.6 Å². The molecule has 15 heavy (non-hydrogen) atoms. The van der Waals surface area contributed by atoms with Gasteiger partial charge in [0.05, 0.1) is 24.0 Å². The quantitative estimate of drug-likeness (QED) is 0.468. The SMILES string of the molecule is COC(=O)c1ccc(NCCCl)c(N)c1. The van der Waals surface area contributed by atoms with Gasteiger partial charge >= 0.3 is 5.97 Å². The second-order valence-electron chi connectivity index (χ2n) is 2.91. The van der Waals surface area contributed by atoms with E-state index in [0.29, 0.717) is 23.7 Å². The first kappa shape index (κ1) is 11.7. The molecule has 0 aliphatic heterocycles. The van der Waals surface area contributed by atoms with Gasteiger partial charge in [-0.25, -0.2) is 4.79 Å². The number of hydrogen-bond acceptors (Lipinski definition) is 4. The molecular formula is C10H13ClN2O2. The van der Waals surface area contributed by atoms with E-state index in [1.165, 1.54) is 7.11 Å². The largest absolute Gasteiger partial charge is 0.465 e. The number of nitrogens with two attached hydrogens (primary N) is 1. The molecule has 1 rings (SSSR count). The van der Waals surface area contributed by atoms with Crippen molar-refractivity contribution in [2.75, 3.05) is 30.6 Å². The minimum Gasteiger partial charge on any atom is -0.465 e. The van der Waals surface area contributed by atoms with Crippen molar-refractivity contribution in [3.05, 3.63) is 23.8 Å². The summed E-state index contributed by atoms with van der Waals surface area (Å²) in [6.07, 6.45) is 0. The molecule has 82 valence electrons. The fourth-order valence-electron chi connectivity index (χ4n) is 1.15. The topological polar surface area (TPSA) is 64.3 Å². The van der Waals surface area contributed by atoms with Crippen molar-refractivity contribution in [3.63, 3.8) is 0 Å². The van der Waals surface area contributed by atoms with Gasteiger partial charge in [0.1, 0.15) is 0 Å². The highest BCUT2D eigenvalue weighted by molar-refractivity contribution is 6.18. The monoisotopic (exact) mass is 228 g/mol. The van der Waals surface area contributed by atoms with Crippen LogP contribution in [0.4, 0.5) is 11.4 Å². The first-order valence-corrected chi connectivity index (χ1v) is 5.00. The number of hydrogen-bond donors (Lipinski definition) is 2. The molecule has 0 bridgehead atoms. The number of alkyl halides is 1. The fraction of sp³-hybridized carbons (Fsp3) is 0.300. The van der Waals surface area contributed by atoms with Crippen LogP contribution in [0.3, 0.4) is 0 Å². The lowest BCUT2D eigenvalue weighted by Gasteiger charge is -2.08. The number of ether oxygens (including phenoxy) is 1. The number of nitrogen functional groups attached to an aromatic ring is 1. The molecule has 0 heterocycles. The average molecular weight is 229 g/mol. The molecule has 1 aromatic rings. The molecule has 0 aromatic heterocycles. The highest BCUT2D eigenvalue weighted by Gasteiger charge is 2.07. The maximum atomic E-state index is 11.2. The Balaban J connectivity index is 2.83. The third kappa shape index (κ3) is 3.02. The summed E-state index contributed by atoms with van der Waals surface area (Å²) in [7, 11) is 1.33. The van der Waals surface area contributed by atoms with Crippen molar-refractivity contribution in [2.45, 2.75) is 0 Å². The molecular weight excluding hydrogens is 216 g/mol. The van der Waals surface area contributed by atoms with E-state index in [2.05, 4.69) is 10.1 Å². The van der Waals surface area contributed by atoms with Gasteiger partial charge in [-0.2, -0.15) is 0 Å². The van der Waals surface area contributed by atoms with Gasteiger partial charge in [0.2, 0.25) is 0 Å². The fourth-order valence-corrected chi connectivity index (χ4v) is 1.24. The standard InChI is InChI=1S/C10H13ClN2O2/c1-15-10(14)7-2-3-9(8(12)6-7)13-5-4-11/h2-3,6,13H,4-5,12H2,1H3. The molecule has 0 saturated carbocycles. The lowest BCUT2D eigenvalue weighted by Crippen LogP contribution is -2.07. The summed E-state index contributed by atoms with van der Waals surface area (Å²) in [4.78, 5) is 11.2. The predicted octanol–water partition coefficient (Wildman–Crippen LogP) is 1.71. The number of carbonyl (C=O) groups excluding carboxylic acids is 1. The van der Waals surface area contributed by atoms with Crippen LogP contribution in [0, 0.1) is 0 Å². The van der Waals surface area contributed by atoms with E-state index in [4.69, 9.17) is 17.3 Å². The van der Waals surface area contributed by atoms with E-state index in [1.807, 2.05) is 0 Å². The molecule has 0 spiro atoms. The number of rotatable bonds is 4. The summed E-state index contributed by atoms with van der Waals surface area (Å²) in [5.74, 6) is 0.101. The summed E-state index contributed by atoms with van der Waals surface area (Å²) >= 11 is 5.53. The first-order chi connectivity index (χ1) is 7.19. The number of anilines is 2. The molecule has 0 radical (unpaired) electrons. The molecule has 4 nitrogen and oxygen atoms in total. The number of halogens is 1. The number of carbonyl (C=O) groups is 1. The van der Waals surface area contributed by atoms with E-state index in [0.717, 1.165) is 5.69 Å². The summed E-state index contributed by atoms with van der Waals surface area (Å²) < 4.78 is 4.58. The van der Waals surface area contributed by atoms with Crippen molar-refractivity contribution < 1.29 is 9.53 Å². The smallest absolute Gasteiger partial charge is 0.337 e. The molecule has 0 atom stereocenters. The summed E-state index contributed by atoms with van der Waals surface area (Å²) in [6, 6.07) is 4.95. The van der Waals surface area contributed by atoms with Crippen molar-refractivity contribution in [2.24, 2.45) is 0 Å². The van der Waals surface area contributed by atoms with Gasteiger partial charge < -0.3 is 15.8 Å². The zero-order valence-electron chi connectivity index (χ0n) is 8.42. The highest BCUT2D eigenvalue weighted by atomic mass is 35.5. The molecule has 0 unspecified atom stereocenters. The average Bonchev–Trinajstić information content (AvgIpc) is 2.26. The Hall–Kier alpha value is -1.42. The van der Waals surface area contributed by atoms with Crippen LogP contribution >= 0.6 is 11.6 Å². The number of esters is 1. The zero-order chi connectivity index (χ0) is 11.3. The Kier molecular flexibility index (Phi) is 4.24. The molecule has 0 aliphatic carbocycles. The van der Waals surface area contributed by atoms with E-state index in [-0.39, 0.29) is 0 Å². The third-order valence-electron chi connectivity index (χ3n) is 1.88. The summed E-state index contributed by atoms with van der Waals surface area (Å²) in [6.45, 7) is 0.628. The van der Waals surface area contributed by atoms with Crippen molar-refractivity contribution in [3.8, 4) is 0 Å². The lowest BCUT2D eigenvalue weighted by atomic mass is 10.2. The molecule has 3 N–H and O–H groups in total. The van der Waals surface area contributed by atoms with Crippen LogP contribution < -0.4 is 11.1 Å². The van der Waals surface area contributed by atoms with Crippen LogP contribution in [0.5, 0.6) is 0 Å². The molecule has 0 fully saturated rings. The van der Waals surface area contributed by atoms with Gasteiger partial charge in [0, 0.05) is 12.4 Å². The Morgan fingerprint density at radius 2 is 2.33 bits per heavy atom. The number of nitrogens with one attached hydrogen (secondary N) is 1. The first-order valence-electron chi connectivity index (χ1n) is 4.46. The zero-order valence-corrected chi connectivity index (χ0v) is 9.17. The van der Waals surface area contributed by atoms with E-state index in [9.17, 15) is 4.79 Å². The van der Waals surface area contributed by atoms with Crippen LogP contribution in [0.25, 0.3) is 0 Å².